The van der Waals surface area contributed by atoms with Crippen LogP contribution in [0.3, 0.4) is 0 Å². The number of amides is 2. The number of anilines is 1. The van der Waals surface area contributed by atoms with Crippen LogP contribution in [0.15, 0.2) is 23.1 Å². The van der Waals surface area contributed by atoms with Crippen molar-refractivity contribution >= 4 is 21.6 Å². The largest absolute Gasteiger partial charge is 0.324 e. The van der Waals surface area contributed by atoms with Crippen molar-refractivity contribution < 1.29 is 13.2 Å². The predicted molar refractivity (Wildman–Crippen MR) is 87.8 cm³/mol. The highest BCUT2D eigenvalue weighted by Gasteiger charge is 2.25. The minimum Gasteiger partial charge on any atom is -0.324 e. The van der Waals surface area contributed by atoms with Crippen LogP contribution in [-0.2, 0) is 9.84 Å². The van der Waals surface area contributed by atoms with Gasteiger partial charge in [-0.15, -0.1) is 0 Å². The Labute approximate surface area is 132 Å². The average Bonchev–Trinajstić information content (AvgIpc) is 2.38. The first-order valence-electron chi connectivity index (χ1n) is 7.53. The van der Waals surface area contributed by atoms with Crippen LogP contribution in [-0.4, -0.2) is 38.7 Å². The van der Waals surface area contributed by atoms with E-state index in [1.807, 2.05) is 11.8 Å². The summed E-state index contributed by atoms with van der Waals surface area (Å²) in [6.45, 7) is 7.61. The third-order valence-electron chi connectivity index (χ3n) is 4.03. The number of likely N-dealkylation sites (tertiary alicyclic amines) is 1. The van der Waals surface area contributed by atoms with Gasteiger partial charge < -0.3 is 10.2 Å². The first-order valence-corrected chi connectivity index (χ1v) is 9.42. The molecule has 0 aliphatic carbocycles. The predicted octanol–water partition coefficient (Wildman–Crippen LogP) is 2.91. The quantitative estimate of drug-likeness (QED) is 0.909. The summed E-state index contributed by atoms with van der Waals surface area (Å²) in [6, 6.07) is 4.64. The maximum absolute atomic E-state index is 12.4. The van der Waals surface area contributed by atoms with Gasteiger partial charge in [-0.25, -0.2) is 13.2 Å². The Hall–Kier alpha value is -1.56. The summed E-state index contributed by atoms with van der Waals surface area (Å²) in [5.74, 6) is 0.968. The summed E-state index contributed by atoms with van der Waals surface area (Å²) in [5.41, 5.74) is 1.40. The Morgan fingerprint density at radius 1 is 1.23 bits per heavy atom. The lowest BCUT2D eigenvalue weighted by atomic mass is 9.92. The molecule has 5 nitrogen and oxygen atoms in total. The van der Waals surface area contributed by atoms with Crippen molar-refractivity contribution in [3.05, 3.63) is 23.8 Å². The highest BCUT2D eigenvalue weighted by molar-refractivity contribution is 7.90. The van der Waals surface area contributed by atoms with Crippen molar-refractivity contribution in [2.45, 2.75) is 32.1 Å². The number of benzene rings is 1. The minimum absolute atomic E-state index is 0.160. The molecular formula is C16H24N2O3S. The topological polar surface area (TPSA) is 66.5 Å². The van der Waals surface area contributed by atoms with Crippen LogP contribution in [0.4, 0.5) is 10.5 Å². The SMILES string of the molecule is Cc1ccc(S(C)(=O)=O)cc1NC(=O)N1C[C@H](C)C[C@H](C)C1. The van der Waals surface area contributed by atoms with E-state index in [-0.39, 0.29) is 10.9 Å². The van der Waals surface area contributed by atoms with E-state index in [1.54, 1.807) is 12.1 Å². The highest BCUT2D eigenvalue weighted by atomic mass is 32.2. The second-order valence-corrected chi connectivity index (χ2v) is 8.55. The molecule has 2 atom stereocenters. The molecule has 1 heterocycles. The second kappa shape index (κ2) is 6.28. The van der Waals surface area contributed by atoms with Crippen LogP contribution in [0.25, 0.3) is 0 Å². The molecule has 2 amide bonds. The Morgan fingerprint density at radius 3 is 2.36 bits per heavy atom. The normalized spacial score (nSPS) is 22.5. The second-order valence-electron chi connectivity index (χ2n) is 6.53. The Balaban J connectivity index is 2.18. The van der Waals surface area contributed by atoms with E-state index >= 15 is 0 Å². The van der Waals surface area contributed by atoms with Crippen LogP contribution in [0, 0.1) is 18.8 Å². The van der Waals surface area contributed by atoms with Gasteiger partial charge in [0.1, 0.15) is 0 Å². The number of aryl methyl sites for hydroxylation is 1. The van der Waals surface area contributed by atoms with Crippen molar-refractivity contribution in [3.8, 4) is 0 Å². The fourth-order valence-corrected chi connectivity index (χ4v) is 3.64. The maximum atomic E-state index is 12.4. The van der Waals surface area contributed by atoms with Crippen molar-refractivity contribution in [1.82, 2.24) is 4.90 Å². The zero-order valence-electron chi connectivity index (χ0n) is 13.6. The van der Waals surface area contributed by atoms with E-state index in [1.165, 1.54) is 6.07 Å². The van der Waals surface area contributed by atoms with Crippen LogP contribution < -0.4 is 5.32 Å². The van der Waals surface area contributed by atoms with Crippen molar-refractivity contribution in [3.63, 3.8) is 0 Å². The first kappa shape index (κ1) is 16.8. The molecule has 0 saturated carbocycles. The molecule has 1 aromatic carbocycles. The molecule has 1 N–H and O–H groups in total. The molecule has 6 heteroatoms. The summed E-state index contributed by atoms with van der Waals surface area (Å²) in [6.07, 6.45) is 2.30. The third kappa shape index (κ3) is 4.00. The number of piperidine rings is 1. The van der Waals surface area contributed by atoms with E-state index in [0.717, 1.165) is 31.3 Å². The van der Waals surface area contributed by atoms with Gasteiger partial charge in [-0.2, -0.15) is 0 Å². The molecule has 0 spiro atoms. The summed E-state index contributed by atoms with van der Waals surface area (Å²) in [5, 5.41) is 2.86. The molecule has 0 bridgehead atoms. The average molecular weight is 324 g/mol. The summed E-state index contributed by atoms with van der Waals surface area (Å²) in [4.78, 5) is 14.5. The zero-order chi connectivity index (χ0) is 16.5. The molecule has 1 saturated heterocycles. The van der Waals surface area contributed by atoms with Gasteiger partial charge in [0.15, 0.2) is 9.84 Å². The highest BCUT2D eigenvalue weighted by Crippen LogP contribution is 2.24. The summed E-state index contributed by atoms with van der Waals surface area (Å²) in [7, 11) is -3.29. The molecule has 1 aromatic rings. The van der Waals surface area contributed by atoms with Crippen LogP contribution in [0.2, 0.25) is 0 Å². The summed E-state index contributed by atoms with van der Waals surface area (Å²) < 4.78 is 23.3. The van der Waals surface area contributed by atoms with Gasteiger partial charge in [0.25, 0.3) is 0 Å². The van der Waals surface area contributed by atoms with Crippen LogP contribution >= 0.6 is 0 Å². The van der Waals surface area contributed by atoms with Gasteiger partial charge in [0.2, 0.25) is 0 Å². The number of nitrogens with one attached hydrogen (secondary N) is 1. The van der Waals surface area contributed by atoms with Gasteiger partial charge in [-0.1, -0.05) is 19.9 Å². The number of nitrogens with zero attached hydrogens (tertiary/aromatic N) is 1. The smallest absolute Gasteiger partial charge is 0.321 e. The van der Waals surface area contributed by atoms with Crippen LogP contribution in [0.5, 0.6) is 0 Å². The number of sulfone groups is 1. The standard InChI is InChI=1S/C16H24N2O3S/c1-11-7-12(2)10-18(9-11)16(19)17-15-8-14(22(4,20)21)6-5-13(15)3/h5-6,8,11-12H,7,9-10H2,1-4H3,(H,17,19)/t11-,12+. The molecule has 22 heavy (non-hydrogen) atoms. The fourth-order valence-electron chi connectivity index (χ4n) is 2.99. The fraction of sp³-hybridized carbons (Fsp3) is 0.562. The lowest BCUT2D eigenvalue weighted by Crippen LogP contribution is -2.44. The Kier molecular flexibility index (Phi) is 4.80. The van der Waals surface area contributed by atoms with Gasteiger partial charge in [-0.05, 0) is 42.9 Å². The van der Waals surface area contributed by atoms with Crippen molar-refractivity contribution in [2.24, 2.45) is 11.8 Å². The minimum atomic E-state index is -3.29. The monoisotopic (exact) mass is 324 g/mol. The molecule has 122 valence electrons. The van der Waals surface area contributed by atoms with E-state index in [2.05, 4.69) is 19.2 Å². The first-order chi connectivity index (χ1) is 10.2. The van der Waals surface area contributed by atoms with E-state index in [0.29, 0.717) is 17.5 Å². The number of hydrogen-bond donors (Lipinski definition) is 1. The van der Waals surface area contributed by atoms with Gasteiger partial charge >= 0.3 is 6.03 Å². The molecular weight excluding hydrogens is 300 g/mol. The van der Waals surface area contributed by atoms with E-state index < -0.39 is 9.84 Å². The summed E-state index contributed by atoms with van der Waals surface area (Å²) >= 11 is 0. The third-order valence-corrected chi connectivity index (χ3v) is 5.15. The van der Waals surface area contributed by atoms with Crippen molar-refractivity contribution in [2.75, 3.05) is 24.7 Å². The zero-order valence-corrected chi connectivity index (χ0v) is 14.4. The van der Waals surface area contributed by atoms with E-state index in [4.69, 9.17) is 0 Å². The number of carbonyl (C=O) groups is 1. The Morgan fingerprint density at radius 2 is 1.82 bits per heavy atom. The lowest BCUT2D eigenvalue weighted by molar-refractivity contribution is 0.156. The number of hydrogen-bond acceptors (Lipinski definition) is 3. The lowest BCUT2D eigenvalue weighted by Gasteiger charge is -2.35. The molecule has 1 fully saturated rings. The molecule has 0 unspecified atom stereocenters. The van der Waals surface area contributed by atoms with Gasteiger partial charge in [0.05, 0.1) is 4.90 Å². The van der Waals surface area contributed by atoms with Gasteiger partial charge in [-0.3, -0.25) is 0 Å². The maximum Gasteiger partial charge on any atom is 0.321 e. The molecule has 1 aliphatic heterocycles. The van der Waals surface area contributed by atoms with Crippen molar-refractivity contribution in [1.29, 1.82) is 0 Å². The molecule has 2 rings (SSSR count). The van der Waals surface area contributed by atoms with Crippen LogP contribution in [0.1, 0.15) is 25.8 Å². The van der Waals surface area contributed by atoms with E-state index in [9.17, 15) is 13.2 Å². The molecule has 0 aromatic heterocycles. The number of urea groups is 1. The number of rotatable bonds is 2. The molecule has 1 aliphatic rings. The molecule has 0 radical (unpaired) electrons. The Bertz CT molecular complexity index is 660. The van der Waals surface area contributed by atoms with Gasteiger partial charge in [0, 0.05) is 25.0 Å². The number of carbonyl (C=O) groups excluding carboxylic acids is 1.